The summed E-state index contributed by atoms with van der Waals surface area (Å²) in [6, 6.07) is 7.28. The van der Waals surface area contributed by atoms with Crippen LogP contribution in [0.3, 0.4) is 0 Å². The minimum absolute atomic E-state index is 0.0894. The number of alkyl halides is 2. The van der Waals surface area contributed by atoms with Gasteiger partial charge in [0.25, 0.3) is 5.91 Å². The Kier molecular flexibility index (Phi) is 7.98. The number of amides is 2. The van der Waals surface area contributed by atoms with Crippen LogP contribution in [0.1, 0.15) is 33.6 Å². The maximum Gasteiger partial charge on any atom is 0.387 e. The number of anilines is 1. The molecule has 2 amide bonds. The number of hydrogen-bond donors (Lipinski definition) is 1. The van der Waals surface area contributed by atoms with E-state index in [1.165, 1.54) is 36.3 Å². The molecule has 0 aliphatic carbocycles. The van der Waals surface area contributed by atoms with Crippen LogP contribution in [0.2, 0.25) is 0 Å². The number of likely N-dealkylation sites (tertiary alicyclic amines) is 1. The summed E-state index contributed by atoms with van der Waals surface area (Å²) in [7, 11) is 2.34. The number of nitrogens with one attached hydrogen (secondary N) is 1. The van der Waals surface area contributed by atoms with Crippen LogP contribution in [0.15, 0.2) is 36.4 Å². The number of benzene rings is 2. The fraction of sp³-hybridized carbons (Fsp3) is 0.348. The van der Waals surface area contributed by atoms with Gasteiger partial charge in [-0.2, -0.15) is 8.78 Å². The number of halogens is 3. The van der Waals surface area contributed by atoms with E-state index in [9.17, 15) is 27.6 Å². The van der Waals surface area contributed by atoms with E-state index < -0.39 is 30.2 Å². The minimum atomic E-state index is -3.16. The molecule has 0 saturated carbocycles. The molecule has 0 aromatic heterocycles. The molecule has 34 heavy (non-hydrogen) atoms. The van der Waals surface area contributed by atoms with E-state index in [0.29, 0.717) is 24.9 Å². The Bertz CT molecular complexity index is 1060. The maximum atomic E-state index is 13.2. The van der Waals surface area contributed by atoms with Gasteiger partial charge in [0, 0.05) is 30.8 Å². The highest BCUT2D eigenvalue weighted by molar-refractivity contribution is 6.03. The van der Waals surface area contributed by atoms with Crippen LogP contribution in [0.4, 0.5) is 18.9 Å². The van der Waals surface area contributed by atoms with Gasteiger partial charge in [-0.25, -0.2) is 9.18 Å². The van der Waals surface area contributed by atoms with Gasteiger partial charge in [0.2, 0.25) is 5.91 Å². The van der Waals surface area contributed by atoms with Crippen LogP contribution >= 0.6 is 0 Å². The largest absolute Gasteiger partial charge is 0.493 e. The van der Waals surface area contributed by atoms with E-state index in [4.69, 9.17) is 9.47 Å². The first-order valence-corrected chi connectivity index (χ1v) is 10.3. The van der Waals surface area contributed by atoms with E-state index >= 15 is 0 Å². The summed E-state index contributed by atoms with van der Waals surface area (Å²) in [6.07, 6.45) is 1.00. The van der Waals surface area contributed by atoms with E-state index in [2.05, 4.69) is 10.1 Å². The van der Waals surface area contributed by atoms with Crippen molar-refractivity contribution in [2.75, 3.05) is 32.6 Å². The van der Waals surface area contributed by atoms with Crippen LogP contribution in [-0.2, 0) is 9.53 Å². The fourth-order valence-corrected chi connectivity index (χ4v) is 3.68. The molecule has 3 rings (SSSR count). The standard InChI is InChI=1S/C23H23F3N2O6/c1-32-18-10-16(22(31)33-2)17(11-19(18)34-23(25)26)27-20(29)14-4-3-9-28(12-14)21(30)13-5-7-15(24)8-6-13/h5-8,10-11,14,23H,3-4,9,12H2,1-2H3,(H,27,29). The molecule has 1 aliphatic rings. The molecule has 1 heterocycles. The first-order valence-electron chi connectivity index (χ1n) is 10.3. The minimum Gasteiger partial charge on any atom is -0.493 e. The molecule has 1 saturated heterocycles. The second kappa shape index (κ2) is 10.9. The molecule has 1 N–H and O–H groups in total. The summed E-state index contributed by atoms with van der Waals surface area (Å²) in [5.74, 6) is -3.31. The number of methoxy groups -OCH3 is 2. The summed E-state index contributed by atoms with van der Waals surface area (Å²) in [4.78, 5) is 39.4. The van der Waals surface area contributed by atoms with Gasteiger partial charge in [0.1, 0.15) is 5.82 Å². The van der Waals surface area contributed by atoms with E-state index in [0.717, 1.165) is 19.2 Å². The number of carbonyl (C=O) groups is 3. The zero-order valence-corrected chi connectivity index (χ0v) is 18.5. The third-order valence-electron chi connectivity index (χ3n) is 5.35. The SMILES string of the molecule is COC(=O)c1cc(OC)c(OC(F)F)cc1NC(=O)C1CCCN(C(=O)c2ccc(F)cc2)C1. The Balaban J connectivity index is 1.81. The van der Waals surface area contributed by atoms with Gasteiger partial charge in [-0.3, -0.25) is 9.59 Å². The number of esters is 1. The predicted molar refractivity (Wildman–Crippen MR) is 115 cm³/mol. The lowest BCUT2D eigenvalue weighted by atomic mass is 9.96. The monoisotopic (exact) mass is 480 g/mol. The lowest BCUT2D eigenvalue weighted by Crippen LogP contribution is -2.43. The Hall–Kier alpha value is -3.76. The zero-order valence-electron chi connectivity index (χ0n) is 18.5. The normalized spacial score (nSPS) is 15.6. The number of piperidine rings is 1. The van der Waals surface area contributed by atoms with Crippen LogP contribution in [0.5, 0.6) is 11.5 Å². The third kappa shape index (κ3) is 5.77. The van der Waals surface area contributed by atoms with Crippen molar-refractivity contribution >= 4 is 23.5 Å². The fourth-order valence-electron chi connectivity index (χ4n) is 3.68. The van der Waals surface area contributed by atoms with Crippen molar-refractivity contribution in [3.05, 3.63) is 53.3 Å². The molecule has 2 aromatic rings. The van der Waals surface area contributed by atoms with Crippen molar-refractivity contribution in [2.24, 2.45) is 5.92 Å². The van der Waals surface area contributed by atoms with E-state index in [-0.39, 0.29) is 35.2 Å². The Morgan fingerprint density at radius 1 is 1.09 bits per heavy atom. The highest BCUT2D eigenvalue weighted by Crippen LogP contribution is 2.35. The summed E-state index contributed by atoms with van der Waals surface area (Å²) in [5.41, 5.74) is 0.0686. The van der Waals surface area contributed by atoms with Gasteiger partial charge in [-0.1, -0.05) is 0 Å². The quantitative estimate of drug-likeness (QED) is 0.608. The molecular formula is C23H23F3N2O6. The molecule has 1 unspecified atom stereocenters. The number of ether oxygens (including phenoxy) is 3. The van der Waals surface area contributed by atoms with Crippen molar-refractivity contribution in [1.82, 2.24) is 4.90 Å². The summed E-state index contributed by atoms with van der Waals surface area (Å²) < 4.78 is 52.9. The number of carbonyl (C=O) groups excluding carboxylic acids is 3. The maximum absolute atomic E-state index is 13.2. The lowest BCUT2D eigenvalue weighted by Gasteiger charge is -2.32. The smallest absolute Gasteiger partial charge is 0.387 e. The highest BCUT2D eigenvalue weighted by Gasteiger charge is 2.30. The van der Waals surface area contributed by atoms with Gasteiger partial charge in [-0.05, 0) is 37.1 Å². The molecule has 182 valence electrons. The van der Waals surface area contributed by atoms with Gasteiger partial charge in [-0.15, -0.1) is 0 Å². The van der Waals surface area contributed by atoms with Crippen LogP contribution in [-0.4, -0.2) is 56.6 Å². The highest BCUT2D eigenvalue weighted by atomic mass is 19.3. The first kappa shape index (κ1) is 24.9. The second-order valence-electron chi connectivity index (χ2n) is 7.51. The van der Waals surface area contributed by atoms with E-state index in [1.807, 2.05) is 0 Å². The van der Waals surface area contributed by atoms with Crippen molar-refractivity contribution in [3.8, 4) is 11.5 Å². The van der Waals surface area contributed by atoms with Gasteiger partial charge >= 0.3 is 12.6 Å². The number of rotatable bonds is 7. The summed E-state index contributed by atoms with van der Waals surface area (Å²) in [5, 5.41) is 2.56. The molecule has 1 fully saturated rings. The van der Waals surface area contributed by atoms with Crippen molar-refractivity contribution in [2.45, 2.75) is 19.5 Å². The van der Waals surface area contributed by atoms with Crippen molar-refractivity contribution < 1.29 is 41.8 Å². The average molecular weight is 480 g/mol. The Labute approximate surface area is 193 Å². The predicted octanol–water partition coefficient (Wildman–Crippen LogP) is 3.71. The molecule has 2 aromatic carbocycles. The van der Waals surface area contributed by atoms with Crippen LogP contribution in [0.25, 0.3) is 0 Å². The average Bonchev–Trinajstić information content (AvgIpc) is 2.83. The van der Waals surface area contributed by atoms with Crippen LogP contribution in [0, 0.1) is 11.7 Å². The van der Waals surface area contributed by atoms with Gasteiger partial charge in [0.15, 0.2) is 11.5 Å². The van der Waals surface area contributed by atoms with Gasteiger partial charge in [0.05, 0.1) is 31.4 Å². The van der Waals surface area contributed by atoms with E-state index in [1.54, 1.807) is 0 Å². The third-order valence-corrected chi connectivity index (χ3v) is 5.35. The number of nitrogens with zero attached hydrogens (tertiary/aromatic N) is 1. The molecule has 0 spiro atoms. The number of hydrogen-bond acceptors (Lipinski definition) is 6. The molecule has 8 nitrogen and oxygen atoms in total. The lowest BCUT2D eigenvalue weighted by molar-refractivity contribution is -0.121. The zero-order chi connectivity index (χ0) is 24.8. The molecule has 0 radical (unpaired) electrons. The summed E-state index contributed by atoms with van der Waals surface area (Å²) >= 11 is 0. The first-order chi connectivity index (χ1) is 16.2. The second-order valence-corrected chi connectivity index (χ2v) is 7.51. The van der Waals surface area contributed by atoms with Crippen molar-refractivity contribution in [1.29, 1.82) is 0 Å². The molecule has 0 bridgehead atoms. The molecule has 1 atom stereocenters. The topological polar surface area (TPSA) is 94.2 Å². The molecular weight excluding hydrogens is 457 g/mol. The molecule has 1 aliphatic heterocycles. The van der Waals surface area contributed by atoms with Crippen molar-refractivity contribution in [3.63, 3.8) is 0 Å². The van der Waals surface area contributed by atoms with Crippen LogP contribution < -0.4 is 14.8 Å². The Morgan fingerprint density at radius 3 is 2.41 bits per heavy atom. The summed E-state index contributed by atoms with van der Waals surface area (Å²) in [6.45, 7) is -2.65. The Morgan fingerprint density at radius 2 is 1.79 bits per heavy atom. The molecule has 11 heteroatoms. The van der Waals surface area contributed by atoms with Gasteiger partial charge < -0.3 is 24.4 Å².